The number of carboxylic acid groups (broad SMARTS) is 1. The number of hydrogen-bond acceptors (Lipinski definition) is 3. The summed E-state index contributed by atoms with van der Waals surface area (Å²) in [7, 11) is 0. The quantitative estimate of drug-likeness (QED) is 0.901. The number of aryl methyl sites for hydroxylation is 1. The van der Waals surface area contributed by atoms with Gasteiger partial charge in [0.25, 0.3) is 5.91 Å². The van der Waals surface area contributed by atoms with E-state index in [-0.39, 0.29) is 16.9 Å². The van der Waals surface area contributed by atoms with Gasteiger partial charge in [0.05, 0.1) is 5.56 Å². The first-order chi connectivity index (χ1) is 9.47. The largest absolute Gasteiger partial charge is 0.478 e. The van der Waals surface area contributed by atoms with E-state index in [4.69, 9.17) is 5.11 Å². The van der Waals surface area contributed by atoms with Crippen LogP contribution >= 0.6 is 0 Å². The molecule has 0 atom stereocenters. The van der Waals surface area contributed by atoms with Gasteiger partial charge >= 0.3 is 5.97 Å². The van der Waals surface area contributed by atoms with E-state index in [1.807, 2.05) is 0 Å². The first kappa shape index (κ1) is 13.7. The summed E-state index contributed by atoms with van der Waals surface area (Å²) in [5.41, 5.74) is 0.641. The van der Waals surface area contributed by atoms with Gasteiger partial charge < -0.3 is 10.4 Å². The molecule has 0 fully saturated rings. The van der Waals surface area contributed by atoms with Crippen molar-refractivity contribution in [2.75, 3.05) is 5.32 Å². The van der Waals surface area contributed by atoms with Crippen molar-refractivity contribution < 1.29 is 19.1 Å². The van der Waals surface area contributed by atoms with E-state index in [9.17, 15) is 14.0 Å². The predicted molar refractivity (Wildman–Crippen MR) is 70.3 cm³/mol. The van der Waals surface area contributed by atoms with Gasteiger partial charge in [-0.3, -0.25) is 4.79 Å². The summed E-state index contributed by atoms with van der Waals surface area (Å²) in [6.45, 7) is 1.55. The highest BCUT2D eigenvalue weighted by Gasteiger charge is 2.10. The number of hydrogen-bond donors (Lipinski definition) is 2. The molecule has 0 unspecified atom stereocenters. The molecule has 0 spiro atoms. The molecule has 2 N–H and O–H groups in total. The molecule has 20 heavy (non-hydrogen) atoms. The van der Waals surface area contributed by atoms with Crippen molar-refractivity contribution in [3.8, 4) is 0 Å². The number of halogens is 1. The molecule has 2 aromatic rings. The van der Waals surface area contributed by atoms with Gasteiger partial charge in [-0.15, -0.1) is 0 Å². The molecule has 0 bridgehead atoms. The Kier molecular flexibility index (Phi) is 3.74. The number of carbonyl (C=O) groups excluding carboxylic acids is 1. The highest BCUT2D eigenvalue weighted by molar-refractivity contribution is 6.04. The molecule has 1 aromatic carbocycles. The second-order valence-corrected chi connectivity index (χ2v) is 4.15. The summed E-state index contributed by atoms with van der Waals surface area (Å²) in [6, 6.07) is 6.52. The maximum atomic E-state index is 13.1. The molecule has 102 valence electrons. The average molecular weight is 274 g/mol. The van der Waals surface area contributed by atoms with Crippen LogP contribution in [0, 0.1) is 12.7 Å². The van der Waals surface area contributed by atoms with E-state index in [0.717, 1.165) is 0 Å². The maximum Gasteiger partial charge on any atom is 0.335 e. The number of amides is 1. The molecule has 6 heteroatoms. The third-order valence-electron chi connectivity index (χ3n) is 2.67. The second-order valence-electron chi connectivity index (χ2n) is 4.15. The van der Waals surface area contributed by atoms with Crippen molar-refractivity contribution in [1.82, 2.24) is 4.98 Å². The maximum absolute atomic E-state index is 13.1. The summed E-state index contributed by atoms with van der Waals surface area (Å²) in [5, 5.41) is 11.3. The SMILES string of the molecule is Cc1cc(C(=O)Nc2cc(C(=O)O)ccn2)ccc1F. The Morgan fingerprint density at radius 3 is 2.60 bits per heavy atom. The Morgan fingerprint density at radius 2 is 1.95 bits per heavy atom. The Hall–Kier alpha value is -2.76. The van der Waals surface area contributed by atoms with E-state index in [1.165, 1.54) is 36.5 Å². The summed E-state index contributed by atoms with van der Waals surface area (Å²) >= 11 is 0. The smallest absolute Gasteiger partial charge is 0.335 e. The zero-order valence-corrected chi connectivity index (χ0v) is 10.6. The van der Waals surface area contributed by atoms with Crippen LogP contribution in [0.15, 0.2) is 36.5 Å². The minimum absolute atomic E-state index is 0.0191. The van der Waals surface area contributed by atoms with Crippen LogP contribution in [-0.4, -0.2) is 22.0 Å². The molecule has 5 nitrogen and oxygen atoms in total. The fourth-order valence-corrected chi connectivity index (χ4v) is 1.61. The van der Waals surface area contributed by atoms with Gasteiger partial charge in [0.15, 0.2) is 0 Å². The van der Waals surface area contributed by atoms with E-state index in [0.29, 0.717) is 5.56 Å². The molecular weight excluding hydrogens is 263 g/mol. The van der Waals surface area contributed by atoms with Gasteiger partial charge in [-0.2, -0.15) is 0 Å². The van der Waals surface area contributed by atoms with Crippen LogP contribution in [0.2, 0.25) is 0 Å². The number of benzene rings is 1. The number of anilines is 1. The van der Waals surface area contributed by atoms with Gasteiger partial charge in [-0.05, 0) is 42.8 Å². The number of carboxylic acids is 1. The van der Waals surface area contributed by atoms with Crippen LogP contribution in [-0.2, 0) is 0 Å². The molecule has 0 radical (unpaired) electrons. The minimum Gasteiger partial charge on any atom is -0.478 e. The zero-order chi connectivity index (χ0) is 14.7. The van der Waals surface area contributed by atoms with Gasteiger partial charge in [0.2, 0.25) is 0 Å². The summed E-state index contributed by atoms with van der Waals surface area (Å²) in [4.78, 5) is 26.6. The highest BCUT2D eigenvalue weighted by Crippen LogP contribution is 2.12. The standard InChI is InChI=1S/C14H11FN2O3/c1-8-6-9(2-3-11(8)15)13(18)17-12-7-10(14(19)20)4-5-16-12/h2-7H,1H3,(H,19,20)(H,16,17,18). The first-order valence-corrected chi connectivity index (χ1v) is 5.74. The van der Waals surface area contributed by atoms with Crippen molar-refractivity contribution in [3.05, 3.63) is 59.0 Å². The van der Waals surface area contributed by atoms with Crippen molar-refractivity contribution in [2.24, 2.45) is 0 Å². The van der Waals surface area contributed by atoms with E-state index < -0.39 is 17.7 Å². The van der Waals surface area contributed by atoms with Gasteiger partial charge in [0.1, 0.15) is 11.6 Å². The van der Waals surface area contributed by atoms with Crippen LogP contribution in [0.25, 0.3) is 0 Å². The van der Waals surface area contributed by atoms with E-state index >= 15 is 0 Å². The molecule has 1 aromatic heterocycles. The first-order valence-electron chi connectivity index (χ1n) is 5.74. The number of rotatable bonds is 3. The molecule has 1 heterocycles. The van der Waals surface area contributed by atoms with Crippen LogP contribution in [0.1, 0.15) is 26.3 Å². The number of aromatic carboxylic acids is 1. The lowest BCUT2D eigenvalue weighted by molar-refractivity contribution is 0.0696. The minimum atomic E-state index is -1.11. The van der Waals surface area contributed by atoms with Crippen LogP contribution in [0.4, 0.5) is 10.2 Å². The van der Waals surface area contributed by atoms with Crippen LogP contribution in [0.5, 0.6) is 0 Å². The lowest BCUT2D eigenvalue weighted by Gasteiger charge is -2.06. The van der Waals surface area contributed by atoms with E-state index in [2.05, 4.69) is 10.3 Å². The molecule has 0 saturated heterocycles. The summed E-state index contributed by atoms with van der Waals surface area (Å²) in [5.74, 6) is -1.87. The van der Waals surface area contributed by atoms with Crippen molar-refractivity contribution in [2.45, 2.75) is 6.92 Å². The van der Waals surface area contributed by atoms with Crippen LogP contribution in [0.3, 0.4) is 0 Å². The zero-order valence-electron chi connectivity index (χ0n) is 10.6. The molecule has 2 rings (SSSR count). The third kappa shape index (κ3) is 2.97. The van der Waals surface area contributed by atoms with Gasteiger partial charge in [0, 0.05) is 11.8 Å². The number of aromatic nitrogens is 1. The number of carbonyl (C=O) groups is 2. The fraction of sp³-hybridized carbons (Fsp3) is 0.0714. The second kappa shape index (κ2) is 5.48. The summed E-state index contributed by atoms with van der Waals surface area (Å²) in [6.07, 6.45) is 1.29. The Morgan fingerprint density at radius 1 is 1.20 bits per heavy atom. The van der Waals surface area contributed by atoms with Gasteiger partial charge in [-0.25, -0.2) is 14.2 Å². The normalized spacial score (nSPS) is 10.1. The predicted octanol–water partition coefficient (Wildman–Crippen LogP) is 2.48. The van der Waals surface area contributed by atoms with Crippen molar-refractivity contribution >= 4 is 17.7 Å². The lowest BCUT2D eigenvalue weighted by atomic mass is 10.1. The molecule has 0 aliphatic carbocycles. The molecule has 0 aliphatic rings. The van der Waals surface area contributed by atoms with Crippen LogP contribution < -0.4 is 5.32 Å². The van der Waals surface area contributed by atoms with Crippen molar-refractivity contribution in [3.63, 3.8) is 0 Å². The van der Waals surface area contributed by atoms with Gasteiger partial charge in [-0.1, -0.05) is 0 Å². The summed E-state index contributed by atoms with van der Waals surface area (Å²) < 4.78 is 13.1. The molecule has 1 amide bonds. The molecule has 0 aliphatic heterocycles. The molecule has 0 saturated carbocycles. The number of nitrogens with zero attached hydrogens (tertiary/aromatic N) is 1. The number of nitrogens with one attached hydrogen (secondary N) is 1. The average Bonchev–Trinajstić information content (AvgIpc) is 2.42. The third-order valence-corrected chi connectivity index (χ3v) is 2.67. The fourth-order valence-electron chi connectivity index (χ4n) is 1.61. The van der Waals surface area contributed by atoms with Crippen molar-refractivity contribution in [1.29, 1.82) is 0 Å². The highest BCUT2D eigenvalue weighted by atomic mass is 19.1. The monoisotopic (exact) mass is 274 g/mol. The lowest BCUT2D eigenvalue weighted by Crippen LogP contribution is -2.14. The number of pyridine rings is 1. The van der Waals surface area contributed by atoms with E-state index in [1.54, 1.807) is 6.92 Å². The Labute approximate surface area is 114 Å². The Balaban J connectivity index is 2.21. The molecular formula is C14H11FN2O3. The topological polar surface area (TPSA) is 79.3 Å². The Bertz CT molecular complexity index is 686.